The second-order valence-corrected chi connectivity index (χ2v) is 12.4. The molecule has 0 aromatic carbocycles. The number of likely N-dealkylation sites (tertiary alicyclic amines) is 1. The van der Waals surface area contributed by atoms with Crippen LogP contribution >= 0.6 is 7.60 Å². The number of nitrogens with zero attached hydrogens (tertiary/aromatic N) is 1. The lowest BCUT2D eigenvalue weighted by atomic mass is 9.98. The average Bonchev–Trinajstić information content (AvgIpc) is 3.03. The van der Waals surface area contributed by atoms with E-state index in [0.717, 1.165) is 18.4 Å². The first-order chi connectivity index (χ1) is 17.5. The highest BCUT2D eigenvalue weighted by atomic mass is 31.2. The second kappa shape index (κ2) is 15.1. The predicted molar refractivity (Wildman–Crippen MR) is 139 cm³/mol. The lowest BCUT2D eigenvalue weighted by molar-refractivity contribution is -0.148. The zero-order valence-corrected chi connectivity index (χ0v) is 23.7. The summed E-state index contributed by atoms with van der Waals surface area (Å²) in [4.78, 5) is 47.5. The summed E-state index contributed by atoms with van der Waals surface area (Å²) in [6.07, 6.45) is 0.454. The number of aliphatic hydroxyl groups excluding tert-OH is 3. The van der Waals surface area contributed by atoms with E-state index in [9.17, 15) is 44.3 Å². The zero-order valence-electron chi connectivity index (χ0n) is 22.8. The van der Waals surface area contributed by atoms with E-state index in [2.05, 4.69) is 16.7 Å². The van der Waals surface area contributed by atoms with Crippen LogP contribution in [0.15, 0.2) is 11.6 Å². The number of carbonyl (C=O) groups excluding carboxylic acids is 2. The number of rotatable bonds is 16. The largest absolute Gasteiger partial charge is 0.479 e. The average molecular weight is 566 g/mol. The van der Waals surface area contributed by atoms with Crippen LogP contribution in [0, 0.1) is 5.92 Å². The van der Waals surface area contributed by atoms with Crippen molar-refractivity contribution in [2.45, 2.75) is 83.7 Å². The quantitative estimate of drug-likeness (QED) is 0.0965. The second-order valence-electron chi connectivity index (χ2n) is 10.5. The van der Waals surface area contributed by atoms with E-state index < -0.39 is 68.7 Å². The van der Waals surface area contributed by atoms with Crippen molar-refractivity contribution >= 4 is 25.4 Å². The molecule has 0 aromatic rings. The summed E-state index contributed by atoms with van der Waals surface area (Å²) in [5, 5.41) is 44.8. The van der Waals surface area contributed by atoms with Gasteiger partial charge in [-0.1, -0.05) is 18.6 Å². The highest BCUT2D eigenvalue weighted by Crippen LogP contribution is 2.43. The first kappa shape index (κ1) is 34.2. The van der Waals surface area contributed by atoms with Gasteiger partial charge in [-0.2, -0.15) is 0 Å². The lowest BCUT2D eigenvalue weighted by Crippen LogP contribution is -2.55. The number of hydrogen-bond acceptors (Lipinski definition) is 9. The number of amides is 2. The van der Waals surface area contributed by atoms with Crippen molar-refractivity contribution in [3.05, 3.63) is 11.6 Å². The van der Waals surface area contributed by atoms with Gasteiger partial charge in [0, 0.05) is 26.4 Å². The van der Waals surface area contributed by atoms with Crippen molar-refractivity contribution in [1.29, 1.82) is 0 Å². The van der Waals surface area contributed by atoms with E-state index in [1.54, 1.807) is 0 Å². The van der Waals surface area contributed by atoms with Crippen molar-refractivity contribution in [1.82, 2.24) is 15.5 Å². The third kappa shape index (κ3) is 10.7. The minimum Gasteiger partial charge on any atom is -0.479 e. The Kier molecular flexibility index (Phi) is 13.5. The summed E-state index contributed by atoms with van der Waals surface area (Å²) in [6.45, 7) is 6.65. The van der Waals surface area contributed by atoms with Crippen molar-refractivity contribution in [2.24, 2.45) is 5.92 Å². The predicted octanol–water partition coefficient (Wildman–Crippen LogP) is -0.176. The summed E-state index contributed by atoms with van der Waals surface area (Å²) < 4.78 is 17.8. The van der Waals surface area contributed by atoms with Crippen LogP contribution in [0.3, 0.4) is 0 Å². The third-order valence-corrected chi connectivity index (χ3v) is 7.86. The first-order valence-electron chi connectivity index (χ1n) is 12.6. The van der Waals surface area contributed by atoms with E-state index in [1.807, 2.05) is 20.8 Å². The van der Waals surface area contributed by atoms with Gasteiger partial charge in [0.25, 0.3) is 0 Å². The summed E-state index contributed by atoms with van der Waals surface area (Å²) in [7, 11) is -4.41. The summed E-state index contributed by atoms with van der Waals surface area (Å²) >= 11 is 0. The van der Waals surface area contributed by atoms with Crippen molar-refractivity contribution in [2.75, 3.05) is 32.5 Å². The Labute approximate surface area is 223 Å². The Balaban J connectivity index is 2.78. The summed E-state index contributed by atoms with van der Waals surface area (Å²) in [5.41, 5.74) is -0.797. The van der Waals surface area contributed by atoms with E-state index >= 15 is 0 Å². The highest BCUT2D eigenvalue weighted by molar-refractivity contribution is 7.52. The maximum atomic E-state index is 12.7. The number of aliphatic carboxylic acids is 1. The van der Waals surface area contributed by atoms with Crippen molar-refractivity contribution in [3.63, 3.8) is 0 Å². The van der Waals surface area contributed by atoms with Gasteiger partial charge in [-0.15, -0.1) is 0 Å². The Morgan fingerprint density at radius 1 is 1.16 bits per heavy atom. The molecule has 0 aliphatic carbocycles. The van der Waals surface area contributed by atoms with Gasteiger partial charge in [0.2, 0.25) is 11.8 Å². The van der Waals surface area contributed by atoms with E-state index in [1.165, 1.54) is 18.7 Å². The Bertz CT molecular complexity index is 897. The normalized spacial score (nSPS) is 25.6. The molecule has 1 fully saturated rings. The molecule has 1 aliphatic heterocycles. The number of carboxylic acids is 1. The first-order valence-corrected chi connectivity index (χ1v) is 14.4. The van der Waals surface area contributed by atoms with Gasteiger partial charge in [-0.3, -0.25) is 19.1 Å². The monoisotopic (exact) mass is 565 g/mol. The lowest BCUT2D eigenvalue weighted by Gasteiger charge is -2.31. The van der Waals surface area contributed by atoms with Gasteiger partial charge in [-0.05, 0) is 39.5 Å². The van der Waals surface area contributed by atoms with Crippen LogP contribution in [0.1, 0.15) is 53.9 Å². The maximum absolute atomic E-state index is 12.7. The molecule has 2 amide bonds. The number of aliphatic hydroxyl groups is 3. The Morgan fingerprint density at radius 3 is 2.29 bits per heavy atom. The Hall–Kier alpha value is -1.86. The van der Waals surface area contributed by atoms with Crippen molar-refractivity contribution < 1.29 is 48.8 Å². The fourth-order valence-electron chi connectivity index (χ4n) is 4.25. The molecule has 0 saturated carbocycles. The molecule has 0 aromatic heterocycles. The van der Waals surface area contributed by atoms with Gasteiger partial charge < -0.3 is 40.5 Å². The molecule has 220 valence electrons. The molecule has 14 heteroatoms. The molecule has 7 atom stereocenters. The minimum atomic E-state index is -4.41. The summed E-state index contributed by atoms with van der Waals surface area (Å²) in [5.74, 6) is -2.36. The van der Waals surface area contributed by atoms with Crippen molar-refractivity contribution in [3.8, 4) is 0 Å². The molecule has 1 saturated heterocycles. The van der Waals surface area contributed by atoms with Crippen LogP contribution < -0.4 is 10.6 Å². The topological polar surface area (TPSA) is 206 Å². The van der Waals surface area contributed by atoms with Crippen LogP contribution in [-0.2, 0) is 23.5 Å². The molecule has 1 aliphatic rings. The standard InChI is InChI=1S/C24H44N3O10P/c1-15(2)7-6-8-16(3)11-20(30)26-24(5,23(33)34)14-37-38(35,36)10-9-27-18(12-25-17(4)29)21(31)22(32)19(27)13-28/h7,16,18-19,21-22,28,31-32H,6,8-14H2,1-5H3,(H,25,29)(H,26,30)(H,33,34)(H,35,36)/t16?,18-,19-,21-,22-,24?/m1/s1. The van der Waals surface area contributed by atoms with Crippen LogP contribution in [-0.4, -0.2) is 110 Å². The number of carboxylic acid groups (broad SMARTS) is 1. The minimum absolute atomic E-state index is 0.00965. The molecule has 13 nitrogen and oxygen atoms in total. The van der Waals surface area contributed by atoms with Gasteiger partial charge in [0.05, 0.1) is 43.7 Å². The summed E-state index contributed by atoms with van der Waals surface area (Å²) in [6, 6.07) is -1.79. The molecule has 1 rings (SSSR count). The third-order valence-electron chi connectivity index (χ3n) is 6.57. The molecule has 3 unspecified atom stereocenters. The zero-order chi connectivity index (χ0) is 29.3. The number of nitrogens with one attached hydrogen (secondary N) is 2. The molecule has 0 spiro atoms. The maximum Gasteiger partial charge on any atom is 0.331 e. The van der Waals surface area contributed by atoms with Gasteiger partial charge in [0.1, 0.15) is 0 Å². The van der Waals surface area contributed by atoms with Crippen LogP contribution in [0.5, 0.6) is 0 Å². The molecule has 7 N–H and O–H groups in total. The molecular formula is C24H44N3O10P. The van der Waals surface area contributed by atoms with Gasteiger partial charge in [-0.25, -0.2) is 4.79 Å². The molecular weight excluding hydrogens is 521 g/mol. The van der Waals surface area contributed by atoms with E-state index in [-0.39, 0.29) is 31.3 Å². The van der Waals surface area contributed by atoms with Crippen LogP contribution in [0.25, 0.3) is 0 Å². The van der Waals surface area contributed by atoms with E-state index in [4.69, 9.17) is 4.52 Å². The highest BCUT2D eigenvalue weighted by Gasteiger charge is 2.47. The SMILES string of the molecule is CC(=O)NC[C@@H]1[C@@H](O)[C@H](O)[C@@H](CO)N1CCP(=O)(O)OCC(C)(NC(=O)CC(C)CCC=C(C)C)C(=O)O. The van der Waals surface area contributed by atoms with Crippen LogP contribution in [0.2, 0.25) is 0 Å². The molecule has 0 radical (unpaired) electrons. The number of hydrogen-bond donors (Lipinski definition) is 7. The van der Waals surface area contributed by atoms with Crippen LogP contribution in [0.4, 0.5) is 0 Å². The molecule has 0 bridgehead atoms. The molecule has 38 heavy (non-hydrogen) atoms. The van der Waals surface area contributed by atoms with Gasteiger partial charge in [0.15, 0.2) is 5.54 Å². The number of allylic oxidation sites excluding steroid dienone is 2. The smallest absolute Gasteiger partial charge is 0.331 e. The Morgan fingerprint density at radius 2 is 1.76 bits per heavy atom. The fourth-order valence-corrected chi connectivity index (χ4v) is 5.32. The fraction of sp³-hybridized carbons (Fsp3) is 0.792. The molecule has 1 heterocycles. The van der Waals surface area contributed by atoms with Gasteiger partial charge >= 0.3 is 13.6 Å². The number of carbonyl (C=O) groups is 3. The van der Waals surface area contributed by atoms with E-state index in [0.29, 0.717) is 0 Å².